The van der Waals surface area contributed by atoms with Crippen molar-refractivity contribution in [3.05, 3.63) is 53.9 Å². The molecule has 0 saturated carbocycles. The minimum atomic E-state index is 0.0528. The number of nitrogens with zero attached hydrogens (tertiary/aromatic N) is 2. The molecule has 2 heterocycles. The lowest BCUT2D eigenvalue weighted by Gasteiger charge is -2.25. The molecule has 0 bridgehead atoms. The fraction of sp³-hybridized carbons (Fsp3) is 0.400. The zero-order valence-electron chi connectivity index (χ0n) is 14.8. The highest BCUT2D eigenvalue weighted by molar-refractivity contribution is 5.94. The van der Waals surface area contributed by atoms with Crippen LogP contribution >= 0.6 is 0 Å². The number of likely N-dealkylation sites (tertiary alicyclic amines) is 1. The number of benzene rings is 1. The molecule has 0 N–H and O–H groups in total. The van der Waals surface area contributed by atoms with Gasteiger partial charge in [0.15, 0.2) is 0 Å². The predicted octanol–water partition coefficient (Wildman–Crippen LogP) is 3.47. The molecule has 1 saturated heterocycles. The van der Waals surface area contributed by atoms with Crippen molar-refractivity contribution < 1.29 is 14.3 Å². The van der Waals surface area contributed by atoms with Gasteiger partial charge in [-0.2, -0.15) is 0 Å². The minimum absolute atomic E-state index is 0.0528. The third kappa shape index (κ3) is 4.10. The highest BCUT2D eigenvalue weighted by Gasteiger charge is 2.30. The molecule has 0 radical (unpaired) electrons. The molecule has 5 nitrogen and oxygen atoms in total. The molecule has 1 amide bonds. The average molecular weight is 340 g/mol. The molecule has 1 aliphatic rings. The lowest BCUT2D eigenvalue weighted by atomic mass is 10.1. The Bertz CT molecular complexity index is 715. The van der Waals surface area contributed by atoms with Crippen molar-refractivity contribution in [3.63, 3.8) is 0 Å². The fourth-order valence-electron chi connectivity index (χ4n) is 3.11. The van der Waals surface area contributed by atoms with Crippen LogP contribution in [0.15, 0.2) is 42.6 Å². The van der Waals surface area contributed by atoms with Gasteiger partial charge in [0.05, 0.1) is 18.3 Å². The van der Waals surface area contributed by atoms with Crippen LogP contribution < -0.4 is 9.47 Å². The van der Waals surface area contributed by atoms with E-state index < -0.39 is 0 Å². The molecule has 132 valence electrons. The largest absolute Gasteiger partial charge is 0.494 e. The van der Waals surface area contributed by atoms with Crippen molar-refractivity contribution in [1.29, 1.82) is 0 Å². The summed E-state index contributed by atoms with van der Waals surface area (Å²) in [7, 11) is 0. The van der Waals surface area contributed by atoms with E-state index in [1.54, 1.807) is 6.20 Å². The van der Waals surface area contributed by atoms with Crippen LogP contribution in [0.2, 0.25) is 0 Å². The van der Waals surface area contributed by atoms with E-state index >= 15 is 0 Å². The Morgan fingerprint density at radius 3 is 2.76 bits per heavy atom. The smallest absolute Gasteiger partial charge is 0.254 e. The summed E-state index contributed by atoms with van der Waals surface area (Å²) in [4.78, 5) is 19.0. The van der Waals surface area contributed by atoms with Crippen molar-refractivity contribution >= 4 is 5.91 Å². The Kier molecular flexibility index (Phi) is 5.53. The predicted molar refractivity (Wildman–Crippen MR) is 96.1 cm³/mol. The molecule has 1 fully saturated rings. The number of carbonyl (C=O) groups excluding carboxylic acids is 1. The first-order chi connectivity index (χ1) is 12.2. The Balaban J connectivity index is 1.64. The second-order valence-electron chi connectivity index (χ2n) is 6.15. The second-order valence-corrected chi connectivity index (χ2v) is 6.15. The van der Waals surface area contributed by atoms with E-state index in [1.165, 1.54) is 0 Å². The molecule has 1 atom stereocenters. The number of carbonyl (C=O) groups is 1. The fourth-order valence-corrected chi connectivity index (χ4v) is 3.11. The lowest BCUT2D eigenvalue weighted by Crippen LogP contribution is -2.39. The molecule has 0 aliphatic carbocycles. The van der Waals surface area contributed by atoms with Crippen LogP contribution in [-0.4, -0.2) is 41.6 Å². The molecular weight excluding hydrogens is 316 g/mol. The van der Waals surface area contributed by atoms with E-state index in [0.717, 1.165) is 36.6 Å². The van der Waals surface area contributed by atoms with Crippen LogP contribution in [0.4, 0.5) is 0 Å². The topological polar surface area (TPSA) is 51.7 Å². The van der Waals surface area contributed by atoms with Gasteiger partial charge in [-0.3, -0.25) is 9.78 Å². The van der Waals surface area contributed by atoms with Gasteiger partial charge in [-0.05, 0) is 63.1 Å². The first kappa shape index (κ1) is 17.3. The van der Waals surface area contributed by atoms with Crippen LogP contribution in [0.25, 0.3) is 0 Å². The van der Waals surface area contributed by atoms with E-state index in [-0.39, 0.29) is 11.9 Å². The zero-order chi connectivity index (χ0) is 17.6. The molecule has 1 aromatic heterocycles. The van der Waals surface area contributed by atoms with Crippen LogP contribution in [0, 0.1) is 6.92 Å². The molecular formula is C20H24N2O3. The monoisotopic (exact) mass is 340 g/mol. The first-order valence-electron chi connectivity index (χ1n) is 8.77. The van der Waals surface area contributed by atoms with Gasteiger partial charge in [-0.15, -0.1) is 0 Å². The normalized spacial score (nSPS) is 16.7. The van der Waals surface area contributed by atoms with E-state index in [1.807, 2.05) is 55.1 Å². The first-order valence-corrected chi connectivity index (χ1v) is 8.77. The number of rotatable bonds is 6. The molecule has 0 spiro atoms. The number of pyridine rings is 1. The van der Waals surface area contributed by atoms with Gasteiger partial charge >= 0.3 is 0 Å². The standard InChI is InChI=1S/C20H24N2O3/c1-3-24-18-10-8-16(9-11-18)20(23)22-13-5-6-17(22)14-25-19-7-4-12-21-15(19)2/h4,7-12,17H,3,5-6,13-14H2,1-2H3. The summed E-state index contributed by atoms with van der Waals surface area (Å²) in [5.74, 6) is 1.62. The Morgan fingerprint density at radius 2 is 2.04 bits per heavy atom. The van der Waals surface area contributed by atoms with Crippen molar-refractivity contribution in [2.45, 2.75) is 32.7 Å². The summed E-state index contributed by atoms with van der Waals surface area (Å²) >= 11 is 0. The maximum absolute atomic E-state index is 12.8. The maximum Gasteiger partial charge on any atom is 0.254 e. The Hall–Kier alpha value is -2.56. The van der Waals surface area contributed by atoms with Gasteiger partial charge in [-0.25, -0.2) is 0 Å². The van der Waals surface area contributed by atoms with Crippen molar-refractivity contribution in [2.24, 2.45) is 0 Å². The summed E-state index contributed by atoms with van der Waals surface area (Å²) < 4.78 is 11.3. The number of amides is 1. The van der Waals surface area contributed by atoms with E-state index in [0.29, 0.717) is 18.8 Å². The zero-order valence-corrected chi connectivity index (χ0v) is 14.8. The highest BCUT2D eigenvalue weighted by Crippen LogP contribution is 2.23. The average Bonchev–Trinajstić information content (AvgIpc) is 3.10. The summed E-state index contributed by atoms with van der Waals surface area (Å²) in [6.07, 6.45) is 3.71. The van der Waals surface area contributed by atoms with Gasteiger partial charge < -0.3 is 14.4 Å². The van der Waals surface area contributed by atoms with Crippen molar-refractivity contribution in [1.82, 2.24) is 9.88 Å². The number of hydrogen-bond acceptors (Lipinski definition) is 4. The van der Waals surface area contributed by atoms with Gasteiger partial charge in [0, 0.05) is 18.3 Å². The van der Waals surface area contributed by atoms with Gasteiger partial charge in [0.2, 0.25) is 0 Å². The molecule has 2 aromatic rings. The number of ether oxygens (including phenoxy) is 2. The minimum Gasteiger partial charge on any atom is -0.494 e. The van der Waals surface area contributed by atoms with Crippen molar-refractivity contribution in [3.8, 4) is 11.5 Å². The van der Waals surface area contributed by atoms with Gasteiger partial charge in [0.25, 0.3) is 5.91 Å². The third-order valence-corrected chi connectivity index (χ3v) is 4.44. The number of aryl methyl sites for hydroxylation is 1. The molecule has 1 aliphatic heterocycles. The molecule has 25 heavy (non-hydrogen) atoms. The molecule has 5 heteroatoms. The van der Waals surface area contributed by atoms with E-state index in [2.05, 4.69) is 4.98 Å². The summed E-state index contributed by atoms with van der Waals surface area (Å²) in [6, 6.07) is 11.2. The van der Waals surface area contributed by atoms with E-state index in [9.17, 15) is 4.79 Å². The number of hydrogen-bond donors (Lipinski definition) is 0. The highest BCUT2D eigenvalue weighted by atomic mass is 16.5. The van der Waals surface area contributed by atoms with Crippen LogP contribution in [0.5, 0.6) is 11.5 Å². The number of aromatic nitrogens is 1. The SMILES string of the molecule is CCOc1ccc(C(=O)N2CCCC2COc2cccnc2C)cc1. The van der Waals surface area contributed by atoms with E-state index in [4.69, 9.17) is 9.47 Å². The Morgan fingerprint density at radius 1 is 1.24 bits per heavy atom. The van der Waals surface area contributed by atoms with Gasteiger partial charge in [0.1, 0.15) is 18.1 Å². The van der Waals surface area contributed by atoms with Crippen LogP contribution in [0.3, 0.4) is 0 Å². The second kappa shape index (κ2) is 8.01. The summed E-state index contributed by atoms with van der Waals surface area (Å²) in [6.45, 7) is 5.75. The summed E-state index contributed by atoms with van der Waals surface area (Å²) in [5.41, 5.74) is 1.55. The maximum atomic E-state index is 12.8. The van der Waals surface area contributed by atoms with Crippen LogP contribution in [0.1, 0.15) is 35.8 Å². The van der Waals surface area contributed by atoms with Crippen molar-refractivity contribution in [2.75, 3.05) is 19.8 Å². The molecule has 3 rings (SSSR count). The Labute approximate surface area is 148 Å². The molecule has 1 aromatic carbocycles. The molecule has 1 unspecified atom stereocenters. The van der Waals surface area contributed by atoms with Gasteiger partial charge in [-0.1, -0.05) is 0 Å². The quantitative estimate of drug-likeness (QED) is 0.808. The van der Waals surface area contributed by atoms with Crippen LogP contribution in [-0.2, 0) is 0 Å². The lowest BCUT2D eigenvalue weighted by molar-refractivity contribution is 0.0691. The summed E-state index contributed by atoms with van der Waals surface area (Å²) in [5, 5.41) is 0. The third-order valence-electron chi connectivity index (χ3n) is 4.44.